The summed E-state index contributed by atoms with van der Waals surface area (Å²) in [6, 6.07) is 11.4. The van der Waals surface area contributed by atoms with Gasteiger partial charge < -0.3 is 10.3 Å². The lowest BCUT2D eigenvalue weighted by Gasteiger charge is -2.06. The van der Waals surface area contributed by atoms with Crippen molar-refractivity contribution in [3.63, 3.8) is 0 Å². The van der Waals surface area contributed by atoms with Gasteiger partial charge in [0.25, 0.3) is 11.5 Å². The van der Waals surface area contributed by atoms with E-state index in [9.17, 15) is 9.59 Å². The molecule has 0 atom stereocenters. The second-order valence-electron chi connectivity index (χ2n) is 5.15. The summed E-state index contributed by atoms with van der Waals surface area (Å²) < 4.78 is 0. The molecule has 0 unspecified atom stereocenters. The Morgan fingerprint density at radius 3 is 2.91 bits per heavy atom. The molecular weight excluding hydrogens is 296 g/mol. The van der Waals surface area contributed by atoms with Crippen molar-refractivity contribution in [2.24, 2.45) is 0 Å². The molecule has 0 radical (unpaired) electrons. The summed E-state index contributed by atoms with van der Waals surface area (Å²) in [5.74, 6) is -0.0944. The largest absolute Gasteiger partial charge is 0.351 e. The van der Waals surface area contributed by atoms with Crippen LogP contribution in [0.25, 0.3) is 10.9 Å². The molecule has 0 aliphatic rings. The molecule has 0 saturated heterocycles. The van der Waals surface area contributed by atoms with Gasteiger partial charge in [0.15, 0.2) is 0 Å². The van der Waals surface area contributed by atoms with Crippen molar-refractivity contribution >= 4 is 28.1 Å². The van der Waals surface area contributed by atoms with Gasteiger partial charge in [-0.15, -0.1) is 11.3 Å². The molecule has 2 aromatic heterocycles. The molecule has 1 aromatic carbocycles. The number of para-hydroxylation sites is 1. The van der Waals surface area contributed by atoms with Gasteiger partial charge in [-0.2, -0.15) is 0 Å². The first-order valence-corrected chi connectivity index (χ1v) is 7.96. The van der Waals surface area contributed by atoms with Crippen LogP contribution in [0, 0.1) is 6.92 Å². The first-order chi connectivity index (χ1) is 10.6. The van der Waals surface area contributed by atoms with Crippen molar-refractivity contribution in [2.45, 2.75) is 13.3 Å². The highest BCUT2D eigenvalue weighted by Crippen LogP contribution is 2.15. The molecule has 4 nitrogen and oxygen atoms in total. The van der Waals surface area contributed by atoms with Crippen LogP contribution in [-0.2, 0) is 6.42 Å². The number of amides is 1. The maximum atomic E-state index is 12.1. The van der Waals surface area contributed by atoms with Gasteiger partial charge in [-0.25, -0.2) is 0 Å². The number of thiophene rings is 1. The van der Waals surface area contributed by atoms with Crippen LogP contribution in [0.5, 0.6) is 0 Å². The molecule has 0 spiro atoms. The van der Waals surface area contributed by atoms with Crippen LogP contribution in [0.3, 0.4) is 0 Å². The number of hydrogen-bond donors (Lipinski definition) is 2. The zero-order chi connectivity index (χ0) is 15.5. The maximum Gasteiger partial charge on any atom is 0.261 e. The SMILES string of the molecule is Cc1cccc2cc(CCNC(=O)c3cccs3)c(=O)[nH]c12. The lowest BCUT2D eigenvalue weighted by atomic mass is 10.1. The summed E-state index contributed by atoms with van der Waals surface area (Å²) in [6.07, 6.45) is 0.510. The average Bonchev–Trinajstić information content (AvgIpc) is 3.03. The second-order valence-corrected chi connectivity index (χ2v) is 6.09. The third-order valence-electron chi connectivity index (χ3n) is 3.59. The van der Waals surface area contributed by atoms with Gasteiger partial charge >= 0.3 is 0 Å². The van der Waals surface area contributed by atoms with E-state index in [4.69, 9.17) is 0 Å². The number of fused-ring (bicyclic) bond motifs is 1. The maximum absolute atomic E-state index is 12.1. The predicted octanol–water partition coefficient (Wildman–Crippen LogP) is 2.87. The van der Waals surface area contributed by atoms with E-state index in [-0.39, 0.29) is 11.5 Å². The topological polar surface area (TPSA) is 62.0 Å². The van der Waals surface area contributed by atoms with Gasteiger partial charge in [-0.3, -0.25) is 9.59 Å². The van der Waals surface area contributed by atoms with E-state index in [1.165, 1.54) is 11.3 Å². The van der Waals surface area contributed by atoms with Gasteiger partial charge in [0.1, 0.15) is 0 Å². The molecule has 3 aromatic rings. The summed E-state index contributed by atoms with van der Waals surface area (Å²) in [4.78, 5) is 27.6. The number of benzene rings is 1. The van der Waals surface area contributed by atoms with Crippen molar-refractivity contribution in [1.29, 1.82) is 0 Å². The van der Waals surface area contributed by atoms with Crippen molar-refractivity contribution < 1.29 is 4.79 Å². The van der Waals surface area contributed by atoms with Crippen molar-refractivity contribution in [2.75, 3.05) is 6.54 Å². The Labute approximate surface area is 131 Å². The van der Waals surface area contributed by atoms with Crippen LogP contribution in [0.15, 0.2) is 46.6 Å². The fourth-order valence-electron chi connectivity index (χ4n) is 2.42. The standard InChI is InChI=1S/C17H16N2O2S/c1-11-4-2-5-12-10-13(16(20)19-15(11)12)7-8-18-17(21)14-6-3-9-22-14/h2-6,9-10H,7-8H2,1H3,(H,18,21)(H,19,20). The van der Waals surface area contributed by atoms with Crippen LogP contribution in [0.2, 0.25) is 0 Å². The van der Waals surface area contributed by atoms with Crippen LogP contribution in [0.4, 0.5) is 0 Å². The molecule has 1 amide bonds. The number of pyridine rings is 1. The van der Waals surface area contributed by atoms with E-state index < -0.39 is 0 Å². The van der Waals surface area contributed by atoms with Crippen LogP contribution in [-0.4, -0.2) is 17.4 Å². The normalized spacial score (nSPS) is 10.8. The lowest BCUT2D eigenvalue weighted by Crippen LogP contribution is -2.26. The highest BCUT2D eigenvalue weighted by Gasteiger charge is 2.07. The minimum atomic E-state index is -0.0944. The Hall–Kier alpha value is -2.40. The van der Waals surface area contributed by atoms with Gasteiger partial charge in [0.05, 0.1) is 10.4 Å². The fourth-order valence-corrected chi connectivity index (χ4v) is 3.06. The summed E-state index contributed by atoms with van der Waals surface area (Å²) in [5, 5.41) is 5.72. The van der Waals surface area contributed by atoms with Crippen LogP contribution < -0.4 is 10.9 Å². The number of nitrogens with one attached hydrogen (secondary N) is 2. The minimum absolute atomic E-state index is 0.0906. The Bertz CT molecular complexity index is 866. The molecule has 3 rings (SSSR count). The third-order valence-corrected chi connectivity index (χ3v) is 4.46. The molecule has 0 saturated carbocycles. The third kappa shape index (κ3) is 2.94. The quantitative estimate of drug-likeness (QED) is 0.778. The first-order valence-electron chi connectivity index (χ1n) is 7.08. The molecule has 0 aliphatic carbocycles. The van der Waals surface area contributed by atoms with E-state index in [0.717, 1.165) is 16.5 Å². The molecule has 0 fully saturated rings. The number of H-pyrrole nitrogens is 1. The molecule has 112 valence electrons. The molecule has 2 heterocycles. The Balaban J connectivity index is 1.73. The summed E-state index contributed by atoms with van der Waals surface area (Å²) in [7, 11) is 0. The number of rotatable bonds is 4. The van der Waals surface area contributed by atoms with E-state index in [0.29, 0.717) is 23.4 Å². The predicted molar refractivity (Wildman–Crippen MR) is 89.7 cm³/mol. The summed E-state index contributed by atoms with van der Waals surface area (Å²) in [5.41, 5.74) is 2.52. The van der Waals surface area contributed by atoms with Crippen LogP contribution >= 0.6 is 11.3 Å². The molecule has 5 heteroatoms. The smallest absolute Gasteiger partial charge is 0.261 e. The van der Waals surface area contributed by atoms with Gasteiger partial charge in [0.2, 0.25) is 0 Å². The Kier molecular flexibility index (Phi) is 4.06. The van der Waals surface area contributed by atoms with E-state index in [1.807, 2.05) is 42.6 Å². The number of aryl methyl sites for hydroxylation is 1. The molecular formula is C17H16N2O2S. The summed E-state index contributed by atoms with van der Waals surface area (Å²) in [6.45, 7) is 2.41. The Morgan fingerprint density at radius 1 is 1.27 bits per heavy atom. The van der Waals surface area contributed by atoms with Crippen molar-refractivity contribution in [3.05, 3.63) is 68.1 Å². The second kappa shape index (κ2) is 6.15. The highest BCUT2D eigenvalue weighted by molar-refractivity contribution is 7.12. The molecule has 2 N–H and O–H groups in total. The molecule has 22 heavy (non-hydrogen) atoms. The number of aromatic nitrogens is 1. The zero-order valence-electron chi connectivity index (χ0n) is 12.2. The Morgan fingerprint density at radius 2 is 2.14 bits per heavy atom. The number of hydrogen-bond acceptors (Lipinski definition) is 3. The lowest BCUT2D eigenvalue weighted by molar-refractivity contribution is 0.0958. The number of carbonyl (C=O) groups is 1. The monoisotopic (exact) mass is 312 g/mol. The summed E-state index contributed by atoms with van der Waals surface area (Å²) >= 11 is 1.40. The molecule has 0 aliphatic heterocycles. The van der Waals surface area contributed by atoms with Gasteiger partial charge in [-0.1, -0.05) is 24.3 Å². The number of carbonyl (C=O) groups excluding carboxylic acids is 1. The van der Waals surface area contributed by atoms with Gasteiger partial charge in [0, 0.05) is 12.1 Å². The highest BCUT2D eigenvalue weighted by atomic mass is 32.1. The average molecular weight is 312 g/mol. The van der Waals surface area contributed by atoms with Crippen LogP contribution in [0.1, 0.15) is 20.8 Å². The van der Waals surface area contributed by atoms with E-state index in [1.54, 1.807) is 6.07 Å². The van der Waals surface area contributed by atoms with Crippen molar-refractivity contribution in [3.8, 4) is 0 Å². The minimum Gasteiger partial charge on any atom is -0.351 e. The fraction of sp³-hybridized carbons (Fsp3) is 0.176. The van der Waals surface area contributed by atoms with E-state index >= 15 is 0 Å². The first kappa shape index (κ1) is 14.5. The zero-order valence-corrected chi connectivity index (χ0v) is 13.0. The number of aromatic amines is 1. The van der Waals surface area contributed by atoms with Crippen molar-refractivity contribution in [1.82, 2.24) is 10.3 Å². The van der Waals surface area contributed by atoms with Gasteiger partial charge in [-0.05, 0) is 41.8 Å². The molecule has 0 bridgehead atoms. The van der Waals surface area contributed by atoms with E-state index in [2.05, 4.69) is 10.3 Å².